The lowest BCUT2D eigenvalue weighted by atomic mass is 10.1. The van der Waals surface area contributed by atoms with Gasteiger partial charge in [-0.25, -0.2) is 9.78 Å². The van der Waals surface area contributed by atoms with E-state index in [9.17, 15) is 31.2 Å². The number of imidazole rings is 1. The van der Waals surface area contributed by atoms with Crippen molar-refractivity contribution in [3.05, 3.63) is 95.8 Å². The lowest BCUT2D eigenvalue weighted by molar-refractivity contribution is -0.131. The minimum atomic E-state index is -6.12. The molecule has 4 rings (SSSR count). The second-order valence-electron chi connectivity index (χ2n) is 7.99. The van der Waals surface area contributed by atoms with Gasteiger partial charge in [0.25, 0.3) is 5.91 Å². The van der Waals surface area contributed by atoms with Gasteiger partial charge < -0.3 is 15.4 Å². The quantitative estimate of drug-likeness (QED) is 0.262. The summed E-state index contributed by atoms with van der Waals surface area (Å²) in [6.07, 6.45) is 2.22. The number of anilines is 2. The van der Waals surface area contributed by atoms with Crippen LogP contribution < -0.4 is 10.0 Å². The maximum Gasteiger partial charge on any atom is 0.517 e. The average molecular weight is 545 g/mol. The highest BCUT2D eigenvalue weighted by atomic mass is 32.2. The number of para-hydroxylation sites is 3. The molecule has 0 spiro atoms. The van der Waals surface area contributed by atoms with Crippen LogP contribution in [0.3, 0.4) is 0 Å². The monoisotopic (exact) mass is 544 g/mol. The third kappa shape index (κ3) is 5.09. The number of carboxylic acid groups (broad SMARTS) is 1. The highest BCUT2D eigenvalue weighted by Gasteiger charge is 2.52. The van der Waals surface area contributed by atoms with Gasteiger partial charge in [-0.2, -0.15) is 25.9 Å². The Balaban J connectivity index is 1.75. The van der Waals surface area contributed by atoms with Gasteiger partial charge in [0.1, 0.15) is 5.82 Å². The van der Waals surface area contributed by atoms with Crippen LogP contribution in [0.5, 0.6) is 0 Å². The maximum atomic E-state index is 13.5. The van der Waals surface area contributed by atoms with Crippen LogP contribution in [0, 0.1) is 0 Å². The van der Waals surface area contributed by atoms with Crippen molar-refractivity contribution in [3.63, 3.8) is 0 Å². The summed E-state index contributed by atoms with van der Waals surface area (Å²) in [5, 5.41) is 8.99. The predicted octanol–water partition coefficient (Wildman–Crippen LogP) is 4.26. The lowest BCUT2D eigenvalue weighted by Gasteiger charge is -2.24. The maximum absolute atomic E-state index is 13.5. The minimum absolute atomic E-state index is 0.117. The Morgan fingerprint density at radius 1 is 1.00 bits per heavy atom. The molecule has 4 aromatic rings. The molecule has 0 bridgehead atoms. The lowest BCUT2D eigenvalue weighted by Crippen LogP contribution is -2.44. The Labute approximate surface area is 214 Å². The van der Waals surface area contributed by atoms with E-state index in [4.69, 9.17) is 10.8 Å². The molecule has 1 amide bonds. The van der Waals surface area contributed by atoms with Crippen molar-refractivity contribution >= 4 is 50.4 Å². The first kappa shape index (κ1) is 26.4. The highest BCUT2D eigenvalue weighted by Crippen LogP contribution is 2.33. The number of aromatic nitrogens is 2. The van der Waals surface area contributed by atoms with E-state index in [1.165, 1.54) is 36.4 Å². The molecule has 0 saturated heterocycles. The number of benzene rings is 3. The second kappa shape index (κ2) is 10.0. The summed E-state index contributed by atoms with van der Waals surface area (Å²) in [7, 11) is -6.12. The molecule has 0 radical (unpaired) electrons. The minimum Gasteiger partial charge on any atom is -0.478 e. The predicted molar refractivity (Wildman–Crippen MR) is 135 cm³/mol. The van der Waals surface area contributed by atoms with Crippen molar-refractivity contribution in [2.75, 3.05) is 10.0 Å². The number of fused-ring (bicyclic) bond motifs is 1. The number of rotatable bonds is 7. The molecule has 9 nitrogen and oxygen atoms in total. The molecule has 13 heteroatoms. The first-order valence-electron chi connectivity index (χ1n) is 10.9. The van der Waals surface area contributed by atoms with Gasteiger partial charge in [-0.1, -0.05) is 36.4 Å². The van der Waals surface area contributed by atoms with Crippen LogP contribution in [0.2, 0.25) is 0 Å². The Morgan fingerprint density at radius 2 is 1.63 bits per heavy atom. The Morgan fingerprint density at radius 3 is 2.26 bits per heavy atom. The van der Waals surface area contributed by atoms with Gasteiger partial charge in [0, 0.05) is 18.3 Å². The zero-order chi connectivity index (χ0) is 27.7. The van der Waals surface area contributed by atoms with Gasteiger partial charge in [-0.3, -0.25) is 4.79 Å². The van der Waals surface area contributed by atoms with Crippen molar-refractivity contribution in [3.8, 4) is 0 Å². The summed E-state index contributed by atoms with van der Waals surface area (Å²) < 4.78 is 66.8. The largest absolute Gasteiger partial charge is 0.517 e. The fourth-order valence-corrected chi connectivity index (χ4v) is 4.65. The third-order valence-corrected chi connectivity index (χ3v) is 6.92. The summed E-state index contributed by atoms with van der Waals surface area (Å²) >= 11 is 0. The van der Waals surface area contributed by atoms with Crippen molar-refractivity contribution < 1.29 is 36.3 Å². The molecule has 0 unspecified atom stereocenters. The number of carbonyl (C=O) groups is 2. The molecule has 0 fully saturated rings. The molecule has 38 heavy (non-hydrogen) atoms. The highest BCUT2D eigenvalue weighted by molar-refractivity contribution is 7.94. The molecule has 0 aliphatic carbocycles. The molecule has 0 saturated carbocycles. The van der Waals surface area contributed by atoms with Gasteiger partial charge in [0.2, 0.25) is 0 Å². The number of carbonyl (C=O) groups excluding carboxylic acids is 1. The number of amides is 1. The topological polar surface area (TPSA) is 136 Å². The second-order valence-corrected chi connectivity index (χ2v) is 9.77. The summed E-state index contributed by atoms with van der Waals surface area (Å²) in [5.74, 6) is -2.33. The fourth-order valence-electron chi connectivity index (χ4n) is 3.72. The number of aliphatic carboxylic acids is 1. The van der Waals surface area contributed by atoms with E-state index < -0.39 is 38.7 Å². The molecule has 1 aromatic heterocycles. The van der Waals surface area contributed by atoms with Gasteiger partial charge in [-0.05, 0) is 48.0 Å². The Hall–Kier alpha value is -4.65. The van der Waals surface area contributed by atoms with E-state index >= 15 is 0 Å². The number of nitrogens with two attached hydrogens (primary N) is 1. The molecule has 0 aliphatic heterocycles. The molecule has 0 aliphatic rings. The number of carboxylic acids is 1. The Bertz CT molecular complexity index is 1660. The van der Waals surface area contributed by atoms with E-state index in [-0.39, 0.29) is 16.5 Å². The van der Waals surface area contributed by atoms with Crippen LogP contribution in [-0.4, -0.2) is 40.5 Å². The normalized spacial score (nSPS) is 12.2. The number of hydrogen-bond acceptors (Lipinski definition) is 6. The number of hydrogen-bond donors (Lipinski definition) is 2. The SMILES string of the molecule is Nc1ccccc1C(=O)N(c1ccc(Cn2c(C=CC(=O)O)nc3ccccc32)cc1)S(=O)(=O)C(F)(F)F. The molecular formula is C25H19F3N4O5S. The molecule has 3 aromatic carbocycles. The van der Waals surface area contributed by atoms with E-state index in [1.807, 2.05) is 0 Å². The summed E-state index contributed by atoms with van der Waals surface area (Å²) in [5.41, 5.74) is 0.579. The van der Waals surface area contributed by atoms with E-state index in [2.05, 4.69) is 4.98 Å². The smallest absolute Gasteiger partial charge is 0.478 e. The van der Waals surface area contributed by atoms with Crippen molar-refractivity contribution in [1.82, 2.24) is 9.55 Å². The average Bonchev–Trinajstić information content (AvgIpc) is 3.20. The first-order valence-corrected chi connectivity index (χ1v) is 12.3. The van der Waals surface area contributed by atoms with Gasteiger partial charge in [-0.15, -0.1) is 0 Å². The number of nitrogen functional groups attached to an aromatic ring is 1. The van der Waals surface area contributed by atoms with Gasteiger partial charge >= 0.3 is 21.5 Å². The zero-order valence-electron chi connectivity index (χ0n) is 19.3. The Kier molecular flexibility index (Phi) is 6.96. The van der Waals surface area contributed by atoms with Crippen LogP contribution in [0.15, 0.2) is 78.9 Å². The van der Waals surface area contributed by atoms with Gasteiger partial charge in [0.05, 0.1) is 22.3 Å². The third-order valence-electron chi connectivity index (χ3n) is 5.48. The molecular weight excluding hydrogens is 525 g/mol. The number of alkyl halides is 3. The molecule has 3 N–H and O–H groups in total. The van der Waals surface area contributed by atoms with Crippen LogP contribution in [0.4, 0.5) is 24.5 Å². The molecule has 1 heterocycles. The van der Waals surface area contributed by atoms with Gasteiger partial charge in [0.15, 0.2) is 0 Å². The number of sulfonamides is 1. The summed E-state index contributed by atoms with van der Waals surface area (Å²) in [6.45, 7) is 0.117. The van der Waals surface area contributed by atoms with E-state index in [1.54, 1.807) is 28.8 Å². The van der Waals surface area contributed by atoms with Crippen molar-refractivity contribution in [2.45, 2.75) is 12.1 Å². The molecule has 196 valence electrons. The zero-order valence-corrected chi connectivity index (χ0v) is 20.1. The molecule has 0 atom stereocenters. The standard InChI is InChI=1S/C25H19F3N4O5S/c26-25(27,28)38(36,37)32(24(35)18-5-1-2-6-19(18)29)17-11-9-16(10-12-17)15-31-21-8-4-3-7-20(21)30-22(31)13-14-23(33)34/h1-14H,15,29H2,(H,33,34). The van der Waals surface area contributed by atoms with E-state index in [0.717, 1.165) is 24.3 Å². The fraction of sp³-hybridized carbons (Fsp3) is 0.0800. The van der Waals surface area contributed by atoms with E-state index in [0.29, 0.717) is 22.4 Å². The van der Waals surface area contributed by atoms with Crippen molar-refractivity contribution in [1.29, 1.82) is 0 Å². The van der Waals surface area contributed by atoms with Crippen LogP contribution >= 0.6 is 0 Å². The summed E-state index contributed by atoms with van der Waals surface area (Å²) in [6, 6.07) is 17.0. The van der Waals surface area contributed by atoms with Crippen LogP contribution in [0.25, 0.3) is 17.1 Å². The van der Waals surface area contributed by atoms with Crippen LogP contribution in [0.1, 0.15) is 21.7 Å². The number of halogens is 3. The number of nitrogens with zero attached hydrogens (tertiary/aromatic N) is 3. The van der Waals surface area contributed by atoms with Crippen molar-refractivity contribution in [2.24, 2.45) is 0 Å². The van der Waals surface area contributed by atoms with Crippen LogP contribution in [-0.2, 0) is 21.4 Å². The summed E-state index contributed by atoms with van der Waals surface area (Å²) in [4.78, 5) is 28.4. The first-order chi connectivity index (χ1) is 17.9.